The first-order valence-electron chi connectivity index (χ1n) is 6.80. The molecule has 1 aromatic carbocycles. The summed E-state index contributed by atoms with van der Waals surface area (Å²) < 4.78 is 20.1. The number of benzene rings is 1. The molecule has 5 nitrogen and oxygen atoms in total. The minimum Gasteiger partial charge on any atom is -0.467 e. The summed E-state index contributed by atoms with van der Waals surface area (Å²) in [5.41, 5.74) is 1.25. The first kappa shape index (κ1) is 13.6. The standard InChI is InChI=1S/C15H16FN3O2/c1-21-15(20)14(18-11-4-2-3-10(16)7-11)13-8-17-9-19(13)12-5-6-12/h2-4,7-9,12,14,18H,5-6H2,1H3. The quantitative estimate of drug-likeness (QED) is 0.860. The van der Waals surface area contributed by atoms with Crippen molar-refractivity contribution in [2.24, 2.45) is 0 Å². The largest absolute Gasteiger partial charge is 0.467 e. The molecule has 2 aromatic rings. The summed E-state index contributed by atoms with van der Waals surface area (Å²) in [5.74, 6) is -0.791. The first-order chi connectivity index (χ1) is 10.2. The Labute approximate surface area is 121 Å². The maximum absolute atomic E-state index is 13.3. The maximum Gasteiger partial charge on any atom is 0.334 e. The van der Waals surface area contributed by atoms with Gasteiger partial charge < -0.3 is 14.6 Å². The average Bonchev–Trinajstić information content (AvgIpc) is 3.22. The molecule has 110 valence electrons. The molecule has 0 spiro atoms. The van der Waals surface area contributed by atoms with Crippen molar-refractivity contribution in [3.63, 3.8) is 0 Å². The van der Waals surface area contributed by atoms with Crippen LogP contribution in [0.25, 0.3) is 0 Å². The van der Waals surface area contributed by atoms with Crippen LogP contribution in [0.15, 0.2) is 36.8 Å². The molecule has 3 rings (SSSR count). The number of esters is 1. The number of anilines is 1. The van der Waals surface area contributed by atoms with Crippen LogP contribution in [0.3, 0.4) is 0 Å². The zero-order valence-corrected chi connectivity index (χ0v) is 11.6. The molecule has 1 aliphatic rings. The zero-order chi connectivity index (χ0) is 14.8. The summed E-state index contributed by atoms with van der Waals surface area (Å²) in [7, 11) is 1.33. The van der Waals surface area contributed by atoms with Crippen molar-refractivity contribution in [3.05, 3.63) is 48.3 Å². The van der Waals surface area contributed by atoms with Gasteiger partial charge in [0.1, 0.15) is 5.82 Å². The Balaban J connectivity index is 1.90. The van der Waals surface area contributed by atoms with Crippen molar-refractivity contribution >= 4 is 11.7 Å². The van der Waals surface area contributed by atoms with Gasteiger partial charge in [0.05, 0.1) is 25.3 Å². The molecule has 0 amide bonds. The number of ether oxygens (including phenoxy) is 1. The third-order valence-corrected chi connectivity index (χ3v) is 3.50. The fourth-order valence-electron chi connectivity index (χ4n) is 2.31. The lowest BCUT2D eigenvalue weighted by atomic mass is 10.2. The summed E-state index contributed by atoms with van der Waals surface area (Å²) >= 11 is 0. The molecule has 1 aliphatic carbocycles. The normalized spacial score (nSPS) is 15.5. The fourth-order valence-corrected chi connectivity index (χ4v) is 2.31. The summed E-state index contributed by atoms with van der Waals surface area (Å²) in [6.07, 6.45) is 5.52. The highest BCUT2D eigenvalue weighted by atomic mass is 19.1. The third-order valence-electron chi connectivity index (χ3n) is 3.50. The Hall–Kier alpha value is -2.37. The van der Waals surface area contributed by atoms with Gasteiger partial charge in [0.15, 0.2) is 6.04 Å². The Kier molecular flexibility index (Phi) is 3.60. The predicted octanol–water partition coefficient (Wildman–Crippen LogP) is 2.68. The van der Waals surface area contributed by atoms with E-state index in [4.69, 9.17) is 4.74 Å². The van der Waals surface area contributed by atoms with Crippen molar-refractivity contribution in [1.82, 2.24) is 9.55 Å². The summed E-state index contributed by atoms with van der Waals surface area (Å²) in [5, 5.41) is 3.02. The van der Waals surface area contributed by atoms with Gasteiger partial charge in [0.2, 0.25) is 0 Å². The van der Waals surface area contributed by atoms with Crippen molar-refractivity contribution in [1.29, 1.82) is 0 Å². The van der Waals surface area contributed by atoms with Crippen molar-refractivity contribution < 1.29 is 13.9 Å². The number of hydrogen-bond acceptors (Lipinski definition) is 4. The summed E-state index contributed by atoms with van der Waals surface area (Å²) in [4.78, 5) is 16.2. The summed E-state index contributed by atoms with van der Waals surface area (Å²) in [6.45, 7) is 0. The second kappa shape index (κ2) is 5.55. The molecular weight excluding hydrogens is 273 g/mol. The van der Waals surface area contributed by atoms with Gasteiger partial charge >= 0.3 is 5.97 Å². The van der Waals surface area contributed by atoms with Crippen LogP contribution >= 0.6 is 0 Å². The number of carbonyl (C=O) groups is 1. The number of imidazole rings is 1. The zero-order valence-electron chi connectivity index (χ0n) is 11.6. The number of halogens is 1. The van der Waals surface area contributed by atoms with E-state index in [2.05, 4.69) is 10.3 Å². The van der Waals surface area contributed by atoms with E-state index < -0.39 is 12.0 Å². The number of methoxy groups -OCH3 is 1. The molecule has 1 aromatic heterocycles. The average molecular weight is 289 g/mol. The molecule has 0 aliphatic heterocycles. The number of nitrogens with zero attached hydrogens (tertiary/aromatic N) is 2. The van der Waals surface area contributed by atoms with Crippen LogP contribution in [-0.4, -0.2) is 22.6 Å². The number of nitrogens with one attached hydrogen (secondary N) is 1. The highest BCUT2D eigenvalue weighted by Gasteiger charge is 2.31. The minimum atomic E-state index is -0.708. The number of carbonyl (C=O) groups excluding carboxylic acids is 1. The smallest absolute Gasteiger partial charge is 0.334 e. The second-order valence-electron chi connectivity index (χ2n) is 5.07. The van der Waals surface area contributed by atoms with Gasteiger partial charge in [-0.1, -0.05) is 6.07 Å². The van der Waals surface area contributed by atoms with Gasteiger partial charge in [-0.2, -0.15) is 0 Å². The summed E-state index contributed by atoms with van der Waals surface area (Å²) in [6, 6.07) is 5.67. The van der Waals surface area contributed by atoms with E-state index in [0.717, 1.165) is 18.5 Å². The Morgan fingerprint density at radius 3 is 3.00 bits per heavy atom. The van der Waals surface area contributed by atoms with E-state index >= 15 is 0 Å². The fraction of sp³-hybridized carbons (Fsp3) is 0.333. The van der Waals surface area contributed by atoms with Crippen LogP contribution in [0, 0.1) is 5.82 Å². The number of hydrogen-bond donors (Lipinski definition) is 1. The Bertz CT molecular complexity index is 652. The third kappa shape index (κ3) is 2.89. The number of aromatic nitrogens is 2. The monoisotopic (exact) mass is 289 g/mol. The van der Waals surface area contributed by atoms with E-state index in [1.165, 1.54) is 19.2 Å². The molecular formula is C15H16FN3O2. The Morgan fingerprint density at radius 2 is 2.33 bits per heavy atom. The van der Waals surface area contributed by atoms with Gasteiger partial charge in [-0.05, 0) is 31.0 Å². The molecule has 1 heterocycles. The molecule has 1 saturated carbocycles. The first-order valence-corrected chi connectivity index (χ1v) is 6.80. The molecule has 21 heavy (non-hydrogen) atoms. The maximum atomic E-state index is 13.3. The minimum absolute atomic E-state index is 0.362. The molecule has 0 saturated heterocycles. The van der Waals surface area contributed by atoms with E-state index in [0.29, 0.717) is 11.7 Å². The van der Waals surface area contributed by atoms with E-state index in [1.54, 1.807) is 24.7 Å². The number of rotatable bonds is 5. The van der Waals surface area contributed by atoms with Crippen molar-refractivity contribution in [2.45, 2.75) is 24.9 Å². The van der Waals surface area contributed by atoms with Gasteiger partial charge in [-0.25, -0.2) is 14.2 Å². The van der Waals surface area contributed by atoms with E-state index in [1.807, 2.05) is 4.57 Å². The lowest BCUT2D eigenvalue weighted by Gasteiger charge is -2.19. The van der Waals surface area contributed by atoms with E-state index in [9.17, 15) is 9.18 Å². The van der Waals surface area contributed by atoms with Crippen molar-refractivity contribution in [2.75, 3.05) is 12.4 Å². The topological polar surface area (TPSA) is 56.1 Å². The van der Waals surface area contributed by atoms with Gasteiger partial charge in [-0.15, -0.1) is 0 Å². The lowest BCUT2D eigenvalue weighted by molar-refractivity contribution is -0.141. The second-order valence-corrected chi connectivity index (χ2v) is 5.07. The lowest BCUT2D eigenvalue weighted by Crippen LogP contribution is -2.24. The van der Waals surface area contributed by atoms with Crippen LogP contribution < -0.4 is 5.32 Å². The highest BCUT2D eigenvalue weighted by Crippen LogP contribution is 2.37. The van der Waals surface area contributed by atoms with Gasteiger partial charge in [-0.3, -0.25) is 0 Å². The van der Waals surface area contributed by atoms with Gasteiger partial charge in [0, 0.05) is 11.7 Å². The molecule has 1 fully saturated rings. The molecule has 1 atom stereocenters. The van der Waals surface area contributed by atoms with E-state index in [-0.39, 0.29) is 5.82 Å². The molecule has 1 unspecified atom stereocenters. The molecule has 0 radical (unpaired) electrons. The SMILES string of the molecule is COC(=O)C(Nc1cccc(F)c1)c1cncn1C1CC1. The van der Waals surface area contributed by atoms with Crippen LogP contribution in [0.2, 0.25) is 0 Å². The Morgan fingerprint density at radius 1 is 1.52 bits per heavy atom. The van der Waals surface area contributed by atoms with Gasteiger partial charge in [0.25, 0.3) is 0 Å². The van der Waals surface area contributed by atoms with Crippen LogP contribution in [0.5, 0.6) is 0 Å². The molecule has 0 bridgehead atoms. The molecule has 1 N–H and O–H groups in total. The highest BCUT2D eigenvalue weighted by molar-refractivity contribution is 5.80. The van der Waals surface area contributed by atoms with Crippen LogP contribution in [0.4, 0.5) is 10.1 Å². The van der Waals surface area contributed by atoms with Crippen molar-refractivity contribution in [3.8, 4) is 0 Å². The molecule has 6 heteroatoms. The predicted molar refractivity (Wildman–Crippen MR) is 75.3 cm³/mol. The van der Waals surface area contributed by atoms with Crippen LogP contribution in [0.1, 0.15) is 30.6 Å². The van der Waals surface area contributed by atoms with Crippen LogP contribution in [-0.2, 0) is 9.53 Å².